The van der Waals surface area contributed by atoms with Crippen molar-refractivity contribution in [2.24, 2.45) is 23.7 Å². The highest BCUT2D eigenvalue weighted by molar-refractivity contribution is 5.06. The summed E-state index contributed by atoms with van der Waals surface area (Å²) in [4.78, 5) is 0. The standard InChI is InChI=1S/C8H12/c1-2-6-4-7-3-5(1)8(6)7/h5-8H,1-4H2/t5-,6+,7?,8?. The molecule has 3 fully saturated rings. The lowest BCUT2D eigenvalue weighted by Gasteiger charge is -2.53. The topological polar surface area (TPSA) is 0 Å². The summed E-state index contributed by atoms with van der Waals surface area (Å²) in [6, 6.07) is 0. The lowest BCUT2D eigenvalue weighted by atomic mass is 9.52. The van der Waals surface area contributed by atoms with Gasteiger partial charge in [0, 0.05) is 0 Å². The van der Waals surface area contributed by atoms with Gasteiger partial charge < -0.3 is 0 Å². The molecule has 0 radical (unpaired) electrons. The van der Waals surface area contributed by atoms with Crippen molar-refractivity contribution in [2.75, 3.05) is 0 Å². The lowest BCUT2D eigenvalue weighted by Crippen LogP contribution is -2.45. The molecule has 3 rings (SSSR count). The van der Waals surface area contributed by atoms with Gasteiger partial charge in [0.25, 0.3) is 0 Å². The lowest BCUT2D eigenvalue weighted by molar-refractivity contribution is -0.0395. The molecule has 0 amide bonds. The Balaban J connectivity index is 1.96. The molecule has 0 aliphatic heterocycles. The first-order chi connectivity index (χ1) is 3.95. The van der Waals surface area contributed by atoms with Crippen LogP contribution in [0.4, 0.5) is 0 Å². The Morgan fingerprint density at radius 3 is 1.75 bits per heavy atom. The van der Waals surface area contributed by atoms with E-state index in [9.17, 15) is 0 Å². The van der Waals surface area contributed by atoms with Crippen molar-refractivity contribution in [3.05, 3.63) is 0 Å². The molecule has 3 aliphatic carbocycles. The van der Waals surface area contributed by atoms with Crippen LogP contribution in [-0.4, -0.2) is 0 Å². The molecule has 8 heavy (non-hydrogen) atoms. The molecule has 0 heterocycles. The van der Waals surface area contributed by atoms with Gasteiger partial charge in [0.05, 0.1) is 0 Å². The molecule has 0 aromatic rings. The third kappa shape index (κ3) is 0.240. The Kier molecular flexibility index (Phi) is 0.482. The van der Waals surface area contributed by atoms with Crippen LogP contribution >= 0.6 is 0 Å². The molecule has 44 valence electrons. The van der Waals surface area contributed by atoms with Crippen molar-refractivity contribution in [3.63, 3.8) is 0 Å². The Morgan fingerprint density at radius 1 is 0.750 bits per heavy atom. The van der Waals surface area contributed by atoms with Crippen LogP contribution < -0.4 is 0 Å². The average molecular weight is 108 g/mol. The van der Waals surface area contributed by atoms with E-state index < -0.39 is 0 Å². The van der Waals surface area contributed by atoms with E-state index in [1.54, 1.807) is 25.7 Å². The van der Waals surface area contributed by atoms with Crippen LogP contribution in [0.3, 0.4) is 0 Å². The molecule has 4 atom stereocenters. The maximum atomic E-state index is 1.61. The van der Waals surface area contributed by atoms with Crippen LogP contribution in [0, 0.1) is 23.7 Å². The van der Waals surface area contributed by atoms with Gasteiger partial charge in [0.15, 0.2) is 0 Å². The van der Waals surface area contributed by atoms with E-state index in [0.717, 1.165) is 0 Å². The molecule has 0 N–H and O–H groups in total. The maximum Gasteiger partial charge on any atom is -0.0329 e. The zero-order chi connectivity index (χ0) is 5.14. The van der Waals surface area contributed by atoms with E-state index >= 15 is 0 Å². The molecule has 0 spiro atoms. The smallest absolute Gasteiger partial charge is 0.0329 e. The highest BCUT2D eigenvalue weighted by atomic mass is 14.6. The van der Waals surface area contributed by atoms with Crippen LogP contribution in [0.25, 0.3) is 0 Å². The first-order valence-corrected chi connectivity index (χ1v) is 3.95. The van der Waals surface area contributed by atoms with Crippen molar-refractivity contribution in [3.8, 4) is 0 Å². The fourth-order valence-electron chi connectivity index (χ4n) is 3.31. The summed E-state index contributed by atoms with van der Waals surface area (Å²) in [7, 11) is 0. The highest BCUT2D eigenvalue weighted by Crippen LogP contribution is 2.65. The largest absolute Gasteiger partial charge is 0.0499 e. The van der Waals surface area contributed by atoms with Crippen molar-refractivity contribution in [2.45, 2.75) is 25.7 Å². The summed E-state index contributed by atoms with van der Waals surface area (Å²) < 4.78 is 0. The minimum Gasteiger partial charge on any atom is -0.0499 e. The highest BCUT2D eigenvalue weighted by Gasteiger charge is 2.56. The van der Waals surface area contributed by atoms with E-state index in [2.05, 4.69) is 0 Å². The van der Waals surface area contributed by atoms with E-state index in [1.807, 2.05) is 0 Å². The molecular formula is C8H12. The molecule has 0 aromatic carbocycles. The number of rotatable bonds is 0. The summed E-state index contributed by atoms with van der Waals surface area (Å²) in [6.07, 6.45) is 6.40. The normalized spacial score (nSPS) is 66.0. The van der Waals surface area contributed by atoms with Crippen LogP contribution in [0.15, 0.2) is 0 Å². The summed E-state index contributed by atoms with van der Waals surface area (Å²) >= 11 is 0. The molecule has 3 aliphatic rings. The number of hydrogen-bond acceptors (Lipinski definition) is 0. The van der Waals surface area contributed by atoms with Gasteiger partial charge in [-0.25, -0.2) is 0 Å². The Hall–Kier alpha value is 0. The third-order valence-electron chi connectivity index (χ3n) is 3.75. The van der Waals surface area contributed by atoms with Gasteiger partial charge in [-0.15, -0.1) is 0 Å². The van der Waals surface area contributed by atoms with Gasteiger partial charge in [0.2, 0.25) is 0 Å². The van der Waals surface area contributed by atoms with Gasteiger partial charge in [0.1, 0.15) is 0 Å². The molecule has 0 nitrogen and oxygen atoms in total. The monoisotopic (exact) mass is 108 g/mol. The Bertz CT molecular complexity index is 110. The van der Waals surface area contributed by atoms with Crippen molar-refractivity contribution >= 4 is 0 Å². The van der Waals surface area contributed by atoms with E-state index in [1.165, 1.54) is 23.7 Å². The average Bonchev–Trinajstić information content (AvgIpc) is 2.02. The van der Waals surface area contributed by atoms with Crippen LogP contribution in [0.1, 0.15) is 25.7 Å². The predicted molar refractivity (Wildman–Crippen MR) is 32.4 cm³/mol. The molecular weight excluding hydrogens is 96.1 g/mol. The molecule has 0 saturated heterocycles. The van der Waals surface area contributed by atoms with Crippen molar-refractivity contribution in [1.82, 2.24) is 0 Å². The zero-order valence-electron chi connectivity index (χ0n) is 5.14. The second-order valence-corrected chi connectivity index (χ2v) is 3.91. The van der Waals surface area contributed by atoms with Gasteiger partial charge in [-0.05, 0) is 49.4 Å². The van der Waals surface area contributed by atoms with Gasteiger partial charge >= 0.3 is 0 Å². The fraction of sp³-hybridized carbons (Fsp3) is 1.00. The SMILES string of the molecule is C1C[C@H]2CC3C[C@@H]1C32. The van der Waals surface area contributed by atoms with Crippen molar-refractivity contribution in [1.29, 1.82) is 0 Å². The molecule has 2 unspecified atom stereocenters. The fourth-order valence-corrected chi connectivity index (χ4v) is 3.31. The Morgan fingerprint density at radius 2 is 1.38 bits per heavy atom. The molecule has 3 saturated carbocycles. The number of hydrogen-bond donors (Lipinski definition) is 0. The van der Waals surface area contributed by atoms with E-state index in [4.69, 9.17) is 0 Å². The van der Waals surface area contributed by atoms with Gasteiger partial charge in [-0.3, -0.25) is 0 Å². The summed E-state index contributed by atoms with van der Waals surface area (Å²) in [5, 5.41) is 0. The first kappa shape index (κ1) is 3.92. The predicted octanol–water partition coefficient (Wildman–Crippen LogP) is 2.05. The van der Waals surface area contributed by atoms with Crippen molar-refractivity contribution < 1.29 is 0 Å². The van der Waals surface area contributed by atoms with Gasteiger partial charge in [-0.2, -0.15) is 0 Å². The van der Waals surface area contributed by atoms with Crippen LogP contribution in [-0.2, 0) is 0 Å². The summed E-state index contributed by atoms with van der Waals surface area (Å²) in [5.74, 6) is 4.93. The van der Waals surface area contributed by atoms with Gasteiger partial charge in [-0.1, -0.05) is 0 Å². The third-order valence-corrected chi connectivity index (χ3v) is 3.75. The van der Waals surface area contributed by atoms with Crippen LogP contribution in [0.2, 0.25) is 0 Å². The minimum atomic E-state index is 1.22. The second-order valence-electron chi connectivity index (χ2n) is 3.91. The molecule has 0 heteroatoms. The van der Waals surface area contributed by atoms with Crippen LogP contribution in [0.5, 0.6) is 0 Å². The summed E-state index contributed by atoms with van der Waals surface area (Å²) in [6.45, 7) is 0. The summed E-state index contributed by atoms with van der Waals surface area (Å²) in [5.41, 5.74) is 0. The quantitative estimate of drug-likeness (QED) is 0.445. The molecule has 0 aromatic heterocycles. The Labute approximate surface area is 50.3 Å². The molecule has 0 bridgehead atoms. The maximum absolute atomic E-state index is 1.61. The first-order valence-electron chi connectivity index (χ1n) is 3.95. The minimum absolute atomic E-state index is 1.22. The second kappa shape index (κ2) is 0.984. The van der Waals surface area contributed by atoms with E-state index in [-0.39, 0.29) is 0 Å². The van der Waals surface area contributed by atoms with E-state index in [0.29, 0.717) is 0 Å². The zero-order valence-corrected chi connectivity index (χ0v) is 5.14.